The number of hydrogen-bond donors (Lipinski definition) is 1. The van der Waals surface area contributed by atoms with Crippen LogP contribution in [0, 0.1) is 5.82 Å². The Labute approximate surface area is 187 Å². The topological polar surface area (TPSA) is 52.7 Å². The SMILES string of the molecule is CC(=O)Nc1cc(Cl)ccc1C=CC(=O)N1C[C@@H](C)N(Cc2ccc(F)cc2)C[C@@H]1C. The van der Waals surface area contributed by atoms with E-state index in [1.54, 1.807) is 36.4 Å². The normalized spacial score (nSPS) is 19.6. The van der Waals surface area contributed by atoms with E-state index in [-0.39, 0.29) is 29.7 Å². The van der Waals surface area contributed by atoms with Gasteiger partial charge in [-0.15, -0.1) is 0 Å². The van der Waals surface area contributed by atoms with Gasteiger partial charge in [0.25, 0.3) is 0 Å². The number of carbonyl (C=O) groups excluding carboxylic acids is 2. The molecule has 5 nitrogen and oxygen atoms in total. The summed E-state index contributed by atoms with van der Waals surface area (Å²) in [7, 11) is 0. The van der Waals surface area contributed by atoms with E-state index < -0.39 is 0 Å². The monoisotopic (exact) mass is 443 g/mol. The van der Waals surface area contributed by atoms with Gasteiger partial charge in [-0.2, -0.15) is 0 Å². The maximum Gasteiger partial charge on any atom is 0.246 e. The van der Waals surface area contributed by atoms with E-state index in [1.807, 2.05) is 11.8 Å². The third-order valence-electron chi connectivity index (χ3n) is 5.43. The summed E-state index contributed by atoms with van der Waals surface area (Å²) < 4.78 is 13.2. The molecule has 0 unspecified atom stereocenters. The molecule has 164 valence electrons. The second kappa shape index (κ2) is 10.1. The average Bonchev–Trinajstić information content (AvgIpc) is 2.71. The lowest BCUT2D eigenvalue weighted by molar-refractivity contribution is -0.131. The van der Waals surface area contributed by atoms with Crippen LogP contribution in [-0.2, 0) is 16.1 Å². The number of nitrogens with zero attached hydrogens (tertiary/aromatic N) is 2. The van der Waals surface area contributed by atoms with Crippen molar-refractivity contribution in [3.8, 4) is 0 Å². The van der Waals surface area contributed by atoms with Crippen molar-refractivity contribution in [1.29, 1.82) is 0 Å². The number of amides is 2. The van der Waals surface area contributed by atoms with Gasteiger partial charge in [0.05, 0.1) is 0 Å². The number of anilines is 1. The Morgan fingerprint density at radius 3 is 2.52 bits per heavy atom. The van der Waals surface area contributed by atoms with Crippen LogP contribution in [0.15, 0.2) is 48.5 Å². The van der Waals surface area contributed by atoms with Gasteiger partial charge in [-0.25, -0.2) is 4.39 Å². The Balaban J connectivity index is 1.66. The van der Waals surface area contributed by atoms with Crippen LogP contribution in [0.25, 0.3) is 6.08 Å². The van der Waals surface area contributed by atoms with Gasteiger partial charge in [0.1, 0.15) is 5.82 Å². The Kier molecular flexibility index (Phi) is 7.46. The number of nitrogens with one attached hydrogen (secondary N) is 1. The van der Waals surface area contributed by atoms with Crippen LogP contribution in [0.3, 0.4) is 0 Å². The summed E-state index contributed by atoms with van der Waals surface area (Å²) in [5.41, 5.74) is 2.33. The van der Waals surface area contributed by atoms with Crippen molar-refractivity contribution in [3.05, 3.63) is 70.5 Å². The van der Waals surface area contributed by atoms with Crippen LogP contribution >= 0.6 is 11.6 Å². The summed E-state index contributed by atoms with van der Waals surface area (Å²) in [5, 5.41) is 3.24. The molecule has 0 aliphatic carbocycles. The van der Waals surface area contributed by atoms with Crippen molar-refractivity contribution in [2.45, 2.75) is 39.4 Å². The van der Waals surface area contributed by atoms with E-state index in [2.05, 4.69) is 17.1 Å². The van der Waals surface area contributed by atoms with Crippen molar-refractivity contribution < 1.29 is 14.0 Å². The van der Waals surface area contributed by atoms with Crippen molar-refractivity contribution >= 4 is 35.2 Å². The van der Waals surface area contributed by atoms with Crippen LogP contribution in [-0.4, -0.2) is 46.8 Å². The molecule has 7 heteroatoms. The van der Waals surface area contributed by atoms with Crippen LogP contribution in [0.4, 0.5) is 10.1 Å². The highest BCUT2D eigenvalue weighted by molar-refractivity contribution is 6.31. The molecule has 1 aliphatic rings. The van der Waals surface area contributed by atoms with E-state index in [9.17, 15) is 14.0 Å². The average molecular weight is 444 g/mol. The van der Waals surface area contributed by atoms with Crippen molar-refractivity contribution in [1.82, 2.24) is 9.80 Å². The van der Waals surface area contributed by atoms with Crippen LogP contribution in [0.2, 0.25) is 5.02 Å². The van der Waals surface area contributed by atoms with Crippen LogP contribution < -0.4 is 5.32 Å². The van der Waals surface area contributed by atoms with Gasteiger partial charge in [-0.1, -0.05) is 29.8 Å². The summed E-state index contributed by atoms with van der Waals surface area (Å²) in [6.07, 6.45) is 3.24. The Hall–Kier alpha value is -2.70. The highest BCUT2D eigenvalue weighted by Crippen LogP contribution is 2.23. The highest BCUT2D eigenvalue weighted by atomic mass is 35.5. The third kappa shape index (κ3) is 6.15. The standard InChI is InChI=1S/C24H27ClFN3O2/c1-16-14-29(17(2)13-28(16)15-19-4-9-22(26)10-5-19)24(31)11-7-20-6-8-21(25)12-23(20)27-18(3)30/h4-12,16-17H,13-15H2,1-3H3,(H,27,30)/t16-,17+/m1/s1. The third-order valence-corrected chi connectivity index (χ3v) is 5.66. The lowest BCUT2D eigenvalue weighted by Gasteiger charge is -2.44. The van der Waals surface area contributed by atoms with Crippen molar-refractivity contribution in [3.63, 3.8) is 0 Å². The van der Waals surface area contributed by atoms with Crippen LogP contribution in [0.1, 0.15) is 31.9 Å². The fraction of sp³-hybridized carbons (Fsp3) is 0.333. The first-order valence-electron chi connectivity index (χ1n) is 10.3. The molecular formula is C24H27ClFN3O2. The largest absolute Gasteiger partial charge is 0.334 e. The first kappa shape index (κ1) is 23.0. The Morgan fingerprint density at radius 1 is 1.13 bits per heavy atom. The van der Waals surface area contributed by atoms with E-state index in [4.69, 9.17) is 11.6 Å². The van der Waals surface area contributed by atoms with Gasteiger partial charge in [0.15, 0.2) is 0 Å². The molecular weight excluding hydrogens is 417 g/mol. The van der Waals surface area contributed by atoms with Gasteiger partial charge in [-0.05, 0) is 55.3 Å². The minimum atomic E-state index is -0.241. The van der Waals surface area contributed by atoms with E-state index in [0.717, 1.165) is 12.1 Å². The minimum absolute atomic E-state index is 0.0360. The molecule has 1 aliphatic heterocycles. The molecule has 0 bridgehead atoms. The molecule has 1 heterocycles. The predicted octanol–water partition coefficient (Wildman–Crippen LogP) is 4.57. The lowest BCUT2D eigenvalue weighted by Crippen LogP contribution is -2.57. The van der Waals surface area contributed by atoms with E-state index in [0.29, 0.717) is 29.4 Å². The van der Waals surface area contributed by atoms with Gasteiger partial charge < -0.3 is 10.2 Å². The van der Waals surface area contributed by atoms with Gasteiger partial charge in [0, 0.05) is 55.4 Å². The number of carbonyl (C=O) groups is 2. The smallest absolute Gasteiger partial charge is 0.246 e. The Morgan fingerprint density at radius 2 is 1.84 bits per heavy atom. The Bertz CT molecular complexity index is 977. The molecule has 1 fully saturated rings. The molecule has 0 saturated carbocycles. The molecule has 0 spiro atoms. The predicted molar refractivity (Wildman–Crippen MR) is 122 cm³/mol. The summed E-state index contributed by atoms with van der Waals surface area (Å²) in [4.78, 5) is 28.5. The summed E-state index contributed by atoms with van der Waals surface area (Å²) in [6.45, 7) is 7.59. The second-order valence-electron chi connectivity index (χ2n) is 7.99. The zero-order valence-electron chi connectivity index (χ0n) is 17.9. The van der Waals surface area contributed by atoms with Gasteiger partial charge in [0.2, 0.25) is 11.8 Å². The van der Waals surface area contributed by atoms with Gasteiger partial charge >= 0.3 is 0 Å². The number of benzene rings is 2. The van der Waals surface area contributed by atoms with Gasteiger partial charge in [-0.3, -0.25) is 14.5 Å². The quantitative estimate of drug-likeness (QED) is 0.688. The lowest BCUT2D eigenvalue weighted by atomic mass is 10.1. The summed E-state index contributed by atoms with van der Waals surface area (Å²) >= 11 is 6.03. The molecule has 2 aromatic rings. The fourth-order valence-corrected chi connectivity index (χ4v) is 3.95. The molecule has 1 saturated heterocycles. The molecule has 1 N–H and O–H groups in total. The maximum atomic E-state index is 13.2. The zero-order valence-corrected chi connectivity index (χ0v) is 18.7. The second-order valence-corrected chi connectivity index (χ2v) is 8.43. The highest BCUT2D eigenvalue weighted by Gasteiger charge is 2.31. The molecule has 2 amide bonds. The first-order valence-corrected chi connectivity index (χ1v) is 10.6. The van der Waals surface area contributed by atoms with Crippen molar-refractivity contribution in [2.24, 2.45) is 0 Å². The maximum absolute atomic E-state index is 13.2. The molecule has 2 aromatic carbocycles. The number of halogens is 2. The summed E-state index contributed by atoms with van der Waals surface area (Å²) in [6, 6.07) is 11.9. The molecule has 3 rings (SSSR count). The van der Waals surface area contributed by atoms with Crippen LogP contribution in [0.5, 0.6) is 0 Å². The molecule has 2 atom stereocenters. The summed E-state index contributed by atoms with van der Waals surface area (Å²) in [5.74, 6) is -0.526. The number of piperazine rings is 1. The van der Waals surface area contributed by atoms with E-state index >= 15 is 0 Å². The fourth-order valence-electron chi connectivity index (χ4n) is 3.78. The number of hydrogen-bond acceptors (Lipinski definition) is 3. The molecule has 0 radical (unpaired) electrons. The first-order chi connectivity index (χ1) is 14.7. The van der Waals surface area contributed by atoms with Crippen molar-refractivity contribution in [2.75, 3.05) is 18.4 Å². The zero-order chi connectivity index (χ0) is 22.5. The number of rotatable bonds is 5. The van der Waals surface area contributed by atoms with E-state index in [1.165, 1.54) is 25.1 Å². The molecule has 0 aromatic heterocycles. The minimum Gasteiger partial charge on any atom is -0.334 e. The molecule has 31 heavy (non-hydrogen) atoms.